The van der Waals surface area contributed by atoms with Gasteiger partial charge in [-0.1, -0.05) is 0 Å². The van der Waals surface area contributed by atoms with Crippen molar-refractivity contribution >= 4 is 27.5 Å². The number of benzene rings is 1. The van der Waals surface area contributed by atoms with E-state index in [9.17, 15) is 18.0 Å². The minimum atomic E-state index is -3.66. The summed E-state index contributed by atoms with van der Waals surface area (Å²) in [5.41, 5.74) is 0.500. The fourth-order valence-corrected chi connectivity index (χ4v) is 4.66. The summed E-state index contributed by atoms with van der Waals surface area (Å²) in [6.45, 7) is 2.60. The highest BCUT2D eigenvalue weighted by molar-refractivity contribution is 7.89. The van der Waals surface area contributed by atoms with Crippen LogP contribution < -0.4 is 10.0 Å². The fraction of sp³-hybridized carbons (Fsp3) is 0.579. The van der Waals surface area contributed by atoms with Crippen molar-refractivity contribution in [1.82, 2.24) is 9.62 Å². The number of nitrogens with zero attached hydrogens (tertiary/aromatic N) is 1. The molecular weight excluding hydrogens is 382 g/mol. The number of anilines is 1. The standard InChI is InChI=1S/C19H27N3O5S/c1-13(12-27-2)21-28(25,26)16-9-7-15(8-10-16)20-18(23)17-4-3-11-22(17)19(24)14-5-6-14/h7-10,13-14,17,21H,3-6,11-12H2,1-2H3,(H,20,23). The molecular formula is C19H27N3O5S. The summed E-state index contributed by atoms with van der Waals surface area (Å²) in [5.74, 6) is -0.0600. The lowest BCUT2D eigenvalue weighted by Crippen LogP contribution is -2.43. The first-order valence-electron chi connectivity index (χ1n) is 9.54. The molecule has 28 heavy (non-hydrogen) atoms. The minimum absolute atomic E-state index is 0.0790. The summed E-state index contributed by atoms with van der Waals surface area (Å²) >= 11 is 0. The van der Waals surface area contributed by atoms with E-state index in [2.05, 4.69) is 10.0 Å². The third-order valence-corrected chi connectivity index (χ3v) is 6.58. The van der Waals surface area contributed by atoms with Crippen LogP contribution in [0.1, 0.15) is 32.6 Å². The number of ether oxygens (including phenoxy) is 1. The molecule has 9 heteroatoms. The van der Waals surface area contributed by atoms with E-state index in [0.29, 0.717) is 18.7 Å². The Kier molecular flexibility index (Phi) is 6.36. The monoisotopic (exact) mass is 409 g/mol. The normalized spacial score (nSPS) is 20.8. The minimum Gasteiger partial charge on any atom is -0.383 e. The Morgan fingerprint density at radius 2 is 1.89 bits per heavy atom. The summed E-state index contributed by atoms with van der Waals surface area (Å²) in [6.07, 6.45) is 3.30. The van der Waals surface area contributed by atoms with Crippen molar-refractivity contribution in [2.75, 3.05) is 25.6 Å². The zero-order chi connectivity index (χ0) is 20.3. The van der Waals surface area contributed by atoms with Crippen LogP contribution in [0.25, 0.3) is 0 Å². The van der Waals surface area contributed by atoms with Crippen molar-refractivity contribution < 1.29 is 22.7 Å². The van der Waals surface area contributed by atoms with Gasteiger partial charge in [0, 0.05) is 31.3 Å². The van der Waals surface area contributed by atoms with E-state index in [1.807, 2.05) is 0 Å². The Balaban J connectivity index is 1.62. The van der Waals surface area contributed by atoms with E-state index < -0.39 is 16.1 Å². The van der Waals surface area contributed by atoms with Crippen LogP contribution in [0.3, 0.4) is 0 Å². The van der Waals surface area contributed by atoms with Gasteiger partial charge in [0.1, 0.15) is 6.04 Å². The van der Waals surface area contributed by atoms with Gasteiger partial charge in [0.25, 0.3) is 0 Å². The first-order valence-corrected chi connectivity index (χ1v) is 11.0. The molecule has 1 heterocycles. The average molecular weight is 410 g/mol. The van der Waals surface area contributed by atoms with Crippen molar-refractivity contribution in [3.8, 4) is 0 Å². The number of likely N-dealkylation sites (tertiary alicyclic amines) is 1. The zero-order valence-corrected chi connectivity index (χ0v) is 17.0. The topological polar surface area (TPSA) is 105 Å². The Labute approximate surface area is 165 Å². The second-order valence-corrected chi connectivity index (χ2v) is 9.17. The van der Waals surface area contributed by atoms with Gasteiger partial charge < -0.3 is 15.0 Å². The van der Waals surface area contributed by atoms with Gasteiger partial charge in [-0.3, -0.25) is 9.59 Å². The van der Waals surface area contributed by atoms with Gasteiger partial charge in [-0.05, 0) is 56.9 Å². The van der Waals surface area contributed by atoms with Crippen LogP contribution in [0, 0.1) is 5.92 Å². The molecule has 1 aliphatic carbocycles. The second kappa shape index (κ2) is 8.59. The highest BCUT2D eigenvalue weighted by Crippen LogP contribution is 2.34. The Bertz CT molecular complexity index is 820. The summed E-state index contributed by atoms with van der Waals surface area (Å²) < 4.78 is 32.2. The van der Waals surface area contributed by atoms with E-state index >= 15 is 0 Å². The van der Waals surface area contributed by atoms with Crippen LogP contribution in [0.4, 0.5) is 5.69 Å². The maximum atomic E-state index is 12.6. The molecule has 1 aliphatic heterocycles. The van der Waals surface area contributed by atoms with Crippen molar-refractivity contribution in [3.05, 3.63) is 24.3 Å². The lowest BCUT2D eigenvalue weighted by molar-refractivity contribution is -0.137. The smallest absolute Gasteiger partial charge is 0.247 e. The Hall–Kier alpha value is -1.97. The molecule has 2 amide bonds. The average Bonchev–Trinajstić information content (AvgIpc) is 3.37. The molecule has 2 unspecified atom stereocenters. The molecule has 2 atom stereocenters. The molecule has 0 radical (unpaired) electrons. The number of nitrogens with one attached hydrogen (secondary N) is 2. The maximum absolute atomic E-state index is 12.6. The number of rotatable bonds is 8. The zero-order valence-electron chi connectivity index (χ0n) is 16.2. The number of hydrogen-bond donors (Lipinski definition) is 2. The predicted octanol–water partition coefficient (Wildman–Crippen LogP) is 1.34. The van der Waals surface area contributed by atoms with Gasteiger partial charge >= 0.3 is 0 Å². The number of carbonyl (C=O) groups excluding carboxylic acids is 2. The molecule has 3 rings (SSSR count). The number of sulfonamides is 1. The van der Waals surface area contributed by atoms with Crippen molar-refractivity contribution in [1.29, 1.82) is 0 Å². The van der Waals surface area contributed by atoms with Crippen LogP contribution >= 0.6 is 0 Å². The van der Waals surface area contributed by atoms with E-state index in [1.54, 1.807) is 24.0 Å². The van der Waals surface area contributed by atoms with E-state index in [0.717, 1.165) is 19.3 Å². The first kappa shape index (κ1) is 20.8. The molecule has 0 aromatic heterocycles. The third kappa shape index (κ3) is 4.89. The SMILES string of the molecule is COCC(C)NS(=O)(=O)c1ccc(NC(=O)C2CCCN2C(=O)C2CC2)cc1. The first-order chi connectivity index (χ1) is 13.3. The van der Waals surface area contributed by atoms with E-state index in [4.69, 9.17) is 4.74 Å². The highest BCUT2D eigenvalue weighted by atomic mass is 32.2. The molecule has 154 valence electrons. The van der Waals surface area contributed by atoms with Crippen molar-refractivity contribution in [2.24, 2.45) is 5.92 Å². The van der Waals surface area contributed by atoms with Crippen LogP contribution in [0.5, 0.6) is 0 Å². The number of hydrogen-bond acceptors (Lipinski definition) is 5. The van der Waals surface area contributed by atoms with Crippen LogP contribution in [-0.2, 0) is 24.3 Å². The number of amides is 2. The molecule has 1 aromatic rings. The molecule has 2 N–H and O–H groups in total. The van der Waals surface area contributed by atoms with Crippen LogP contribution in [0.2, 0.25) is 0 Å². The fourth-order valence-electron chi connectivity index (χ4n) is 3.43. The van der Waals surface area contributed by atoms with Crippen LogP contribution in [0.15, 0.2) is 29.2 Å². The van der Waals surface area contributed by atoms with E-state index in [-0.39, 0.29) is 35.3 Å². The van der Waals surface area contributed by atoms with Gasteiger partial charge in [0.2, 0.25) is 21.8 Å². The van der Waals surface area contributed by atoms with Gasteiger partial charge in [0.05, 0.1) is 11.5 Å². The highest BCUT2D eigenvalue weighted by Gasteiger charge is 2.40. The second-order valence-electron chi connectivity index (χ2n) is 7.46. The molecule has 2 fully saturated rings. The number of methoxy groups -OCH3 is 1. The quantitative estimate of drug-likeness (QED) is 0.674. The van der Waals surface area contributed by atoms with Crippen molar-refractivity contribution in [2.45, 2.75) is 49.6 Å². The summed E-state index contributed by atoms with van der Waals surface area (Å²) in [6, 6.07) is 5.18. The molecule has 0 bridgehead atoms. The van der Waals surface area contributed by atoms with Gasteiger partial charge in [0.15, 0.2) is 0 Å². The van der Waals surface area contributed by atoms with Gasteiger partial charge in [-0.2, -0.15) is 0 Å². The molecule has 8 nitrogen and oxygen atoms in total. The van der Waals surface area contributed by atoms with E-state index in [1.165, 1.54) is 19.2 Å². The summed E-state index contributed by atoms with van der Waals surface area (Å²) in [7, 11) is -2.15. The van der Waals surface area contributed by atoms with Crippen LogP contribution in [-0.4, -0.2) is 57.5 Å². The largest absolute Gasteiger partial charge is 0.383 e. The Morgan fingerprint density at radius 1 is 1.21 bits per heavy atom. The molecule has 2 aliphatic rings. The molecule has 0 spiro atoms. The number of carbonyl (C=O) groups is 2. The Morgan fingerprint density at radius 3 is 2.50 bits per heavy atom. The summed E-state index contributed by atoms with van der Waals surface area (Å²) in [5, 5.41) is 2.80. The van der Waals surface area contributed by atoms with Crippen molar-refractivity contribution in [3.63, 3.8) is 0 Å². The predicted molar refractivity (Wildman–Crippen MR) is 104 cm³/mol. The lowest BCUT2D eigenvalue weighted by atomic mass is 10.2. The summed E-state index contributed by atoms with van der Waals surface area (Å²) in [4.78, 5) is 26.7. The third-order valence-electron chi connectivity index (χ3n) is 4.97. The molecule has 1 saturated carbocycles. The lowest BCUT2D eigenvalue weighted by Gasteiger charge is -2.24. The van der Waals surface area contributed by atoms with Gasteiger partial charge in [-0.25, -0.2) is 13.1 Å². The maximum Gasteiger partial charge on any atom is 0.247 e. The molecule has 1 aromatic carbocycles. The van der Waals surface area contributed by atoms with Gasteiger partial charge in [-0.15, -0.1) is 0 Å². The molecule has 1 saturated heterocycles.